The largest absolute Gasteiger partial charge is 0.326 e. The molecule has 2 aromatic rings. The number of para-hydroxylation sites is 1. The Labute approximate surface area is 143 Å². The van der Waals surface area contributed by atoms with Gasteiger partial charge in [0.1, 0.15) is 0 Å². The summed E-state index contributed by atoms with van der Waals surface area (Å²) in [4.78, 5) is 24.3. The molecule has 0 radical (unpaired) electrons. The highest BCUT2D eigenvalue weighted by Crippen LogP contribution is 2.40. The highest BCUT2D eigenvalue weighted by Gasteiger charge is 2.48. The highest BCUT2D eigenvalue weighted by molar-refractivity contribution is 6.33. The van der Waals surface area contributed by atoms with Crippen molar-refractivity contribution >= 4 is 46.4 Å². The van der Waals surface area contributed by atoms with Crippen LogP contribution in [-0.4, -0.2) is 11.8 Å². The summed E-state index contributed by atoms with van der Waals surface area (Å²) in [6, 6.07) is 13.9. The third-order valence-corrected chi connectivity index (χ3v) is 4.29. The van der Waals surface area contributed by atoms with Crippen LogP contribution in [0.2, 0.25) is 10.0 Å². The van der Waals surface area contributed by atoms with Gasteiger partial charge in [0.25, 0.3) is 0 Å². The highest BCUT2D eigenvalue weighted by atomic mass is 35.5. The Hall–Kier alpha value is -2.04. The lowest BCUT2D eigenvalue weighted by atomic mass is 10.2. The summed E-state index contributed by atoms with van der Waals surface area (Å²) in [6.07, 6.45) is 0.537. The minimum atomic E-state index is -0.321. The molecule has 1 aliphatic carbocycles. The van der Waals surface area contributed by atoms with Crippen molar-refractivity contribution in [3.63, 3.8) is 0 Å². The number of hydrogen-bond acceptors (Lipinski definition) is 2. The number of carbonyl (C=O) groups excluding carboxylic acids is 2. The Morgan fingerprint density at radius 2 is 1.48 bits per heavy atom. The van der Waals surface area contributed by atoms with Crippen molar-refractivity contribution in [2.45, 2.75) is 6.42 Å². The van der Waals surface area contributed by atoms with Crippen LogP contribution in [0.3, 0.4) is 0 Å². The van der Waals surface area contributed by atoms with Crippen LogP contribution in [0.1, 0.15) is 6.42 Å². The topological polar surface area (TPSA) is 58.2 Å². The molecule has 2 aromatic carbocycles. The molecule has 2 amide bonds. The first-order valence-electron chi connectivity index (χ1n) is 7.16. The maximum atomic E-state index is 12.2. The first kappa shape index (κ1) is 15.8. The summed E-state index contributed by atoms with van der Waals surface area (Å²) in [5, 5.41) is 6.63. The van der Waals surface area contributed by atoms with Gasteiger partial charge in [0.15, 0.2) is 0 Å². The maximum Gasteiger partial charge on any atom is 0.228 e. The first-order chi connectivity index (χ1) is 11.0. The van der Waals surface area contributed by atoms with Gasteiger partial charge >= 0.3 is 0 Å². The van der Waals surface area contributed by atoms with Crippen LogP contribution in [0.25, 0.3) is 0 Å². The van der Waals surface area contributed by atoms with E-state index in [1.165, 1.54) is 0 Å². The Kier molecular flexibility index (Phi) is 4.55. The zero-order chi connectivity index (χ0) is 16.4. The summed E-state index contributed by atoms with van der Waals surface area (Å²) in [6.45, 7) is 0. The minimum Gasteiger partial charge on any atom is -0.326 e. The van der Waals surface area contributed by atoms with E-state index in [2.05, 4.69) is 10.6 Å². The van der Waals surface area contributed by atoms with Crippen molar-refractivity contribution in [2.24, 2.45) is 11.8 Å². The molecule has 0 aliphatic heterocycles. The molecule has 1 aliphatic rings. The fraction of sp³-hybridized carbons (Fsp3) is 0.176. The monoisotopic (exact) mass is 348 g/mol. The van der Waals surface area contributed by atoms with Gasteiger partial charge < -0.3 is 10.6 Å². The number of hydrogen-bond donors (Lipinski definition) is 2. The summed E-state index contributed by atoms with van der Waals surface area (Å²) in [7, 11) is 0. The third kappa shape index (κ3) is 3.84. The predicted octanol–water partition coefficient (Wildman–Crippen LogP) is 4.21. The van der Waals surface area contributed by atoms with E-state index in [9.17, 15) is 9.59 Å². The van der Waals surface area contributed by atoms with E-state index in [0.29, 0.717) is 27.8 Å². The molecule has 1 saturated carbocycles. The minimum absolute atomic E-state index is 0.161. The Balaban J connectivity index is 1.56. The van der Waals surface area contributed by atoms with Crippen molar-refractivity contribution in [3.05, 3.63) is 58.6 Å². The molecule has 6 heteroatoms. The quantitative estimate of drug-likeness (QED) is 0.869. The number of anilines is 2. The van der Waals surface area contributed by atoms with E-state index in [1.807, 2.05) is 0 Å². The average Bonchev–Trinajstić information content (AvgIpc) is 3.32. The lowest BCUT2D eigenvalue weighted by Gasteiger charge is -2.07. The van der Waals surface area contributed by atoms with E-state index in [-0.39, 0.29) is 23.7 Å². The van der Waals surface area contributed by atoms with Gasteiger partial charge in [-0.1, -0.05) is 35.3 Å². The smallest absolute Gasteiger partial charge is 0.228 e. The molecule has 0 bridgehead atoms. The molecule has 0 aromatic heterocycles. The molecule has 4 nitrogen and oxygen atoms in total. The molecule has 1 fully saturated rings. The van der Waals surface area contributed by atoms with E-state index in [0.717, 1.165) is 0 Å². The van der Waals surface area contributed by atoms with Crippen LogP contribution in [0.5, 0.6) is 0 Å². The lowest BCUT2D eigenvalue weighted by Crippen LogP contribution is -2.20. The molecular formula is C17H14Cl2N2O2. The number of rotatable bonds is 4. The fourth-order valence-electron chi connectivity index (χ4n) is 2.33. The average molecular weight is 349 g/mol. The van der Waals surface area contributed by atoms with Crippen molar-refractivity contribution in [1.29, 1.82) is 0 Å². The van der Waals surface area contributed by atoms with Crippen LogP contribution in [0, 0.1) is 11.8 Å². The zero-order valence-corrected chi connectivity index (χ0v) is 13.6. The molecule has 3 rings (SSSR count). The van der Waals surface area contributed by atoms with Gasteiger partial charge in [-0.2, -0.15) is 0 Å². The maximum absolute atomic E-state index is 12.2. The normalized spacial score (nSPS) is 19.0. The second-order valence-corrected chi connectivity index (χ2v) is 6.26. The second-order valence-electron chi connectivity index (χ2n) is 5.41. The fourth-order valence-corrected chi connectivity index (χ4v) is 2.64. The molecular weight excluding hydrogens is 335 g/mol. The number of halogens is 2. The van der Waals surface area contributed by atoms with E-state index < -0.39 is 0 Å². The number of nitrogens with one attached hydrogen (secondary N) is 2. The van der Waals surface area contributed by atoms with E-state index in [1.54, 1.807) is 48.5 Å². The summed E-state index contributed by atoms with van der Waals surface area (Å²) < 4.78 is 0. The molecule has 118 valence electrons. The van der Waals surface area contributed by atoms with Gasteiger partial charge in [-0.05, 0) is 42.8 Å². The Morgan fingerprint density at radius 1 is 0.870 bits per heavy atom. The standard InChI is InChI=1S/C17H14Cl2N2O2/c18-10-5-7-11(8-6-10)20-16(22)12-9-13(12)17(23)21-15-4-2-1-3-14(15)19/h1-8,12-13H,9H2,(H,20,22)(H,21,23). The zero-order valence-electron chi connectivity index (χ0n) is 12.1. The van der Waals surface area contributed by atoms with Gasteiger partial charge in [0.05, 0.1) is 22.5 Å². The van der Waals surface area contributed by atoms with Crippen LogP contribution >= 0.6 is 23.2 Å². The summed E-state index contributed by atoms with van der Waals surface area (Å²) >= 11 is 11.8. The van der Waals surface area contributed by atoms with Gasteiger partial charge in [0, 0.05) is 10.7 Å². The van der Waals surface area contributed by atoms with Gasteiger partial charge in [-0.3, -0.25) is 9.59 Å². The predicted molar refractivity (Wildman–Crippen MR) is 91.8 cm³/mol. The lowest BCUT2D eigenvalue weighted by molar-refractivity contribution is -0.122. The molecule has 2 unspecified atom stereocenters. The molecule has 0 spiro atoms. The summed E-state index contributed by atoms with van der Waals surface area (Å²) in [5.74, 6) is -0.979. The van der Waals surface area contributed by atoms with Gasteiger partial charge in [-0.15, -0.1) is 0 Å². The van der Waals surface area contributed by atoms with Crippen LogP contribution in [0.15, 0.2) is 48.5 Å². The second kappa shape index (κ2) is 6.60. The van der Waals surface area contributed by atoms with Crippen molar-refractivity contribution in [1.82, 2.24) is 0 Å². The molecule has 23 heavy (non-hydrogen) atoms. The van der Waals surface area contributed by atoms with Crippen LogP contribution < -0.4 is 10.6 Å². The van der Waals surface area contributed by atoms with Crippen molar-refractivity contribution < 1.29 is 9.59 Å². The number of benzene rings is 2. The van der Waals surface area contributed by atoms with E-state index in [4.69, 9.17) is 23.2 Å². The van der Waals surface area contributed by atoms with Gasteiger partial charge in [-0.25, -0.2) is 0 Å². The third-order valence-electron chi connectivity index (χ3n) is 3.71. The number of carbonyl (C=O) groups is 2. The van der Waals surface area contributed by atoms with E-state index >= 15 is 0 Å². The van der Waals surface area contributed by atoms with Gasteiger partial charge in [0.2, 0.25) is 11.8 Å². The molecule has 0 heterocycles. The molecule has 2 atom stereocenters. The number of amides is 2. The van der Waals surface area contributed by atoms with Crippen LogP contribution in [0.4, 0.5) is 11.4 Å². The molecule has 2 N–H and O–H groups in total. The van der Waals surface area contributed by atoms with Crippen molar-refractivity contribution in [2.75, 3.05) is 10.6 Å². The summed E-state index contributed by atoms with van der Waals surface area (Å²) in [5.41, 5.74) is 1.22. The molecule has 0 saturated heterocycles. The SMILES string of the molecule is O=C(Nc1ccc(Cl)cc1)C1CC1C(=O)Nc1ccccc1Cl. The first-order valence-corrected chi connectivity index (χ1v) is 7.92. The van der Waals surface area contributed by atoms with Crippen LogP contribution in [-0.2, 0) is 9.59 Å². The Morgan fingerprint density at radius 3 is 2.13 bits per heavy atom. The Bertz CT molecular complexity index is 747. The van der Waals surface area contributed by atoms with Crippen molar-refractivity contribution in [3.8, 4) is 0 Å².